The molecule has 1 aromatic rings. The number of carbonyl (C=O) groups excluding carboxylic acids is 2. The highest BCUT2D eigenvalue weighted by Crippen LogP contribution is 2.44. The molecule has 0 saturated heterocycles. The van der Waals surface area contributed by atoms with Crippen LogP contribution in [0.1, 0.15) is 57.4 Å². The highest BCUT2D eigenvalue weighted by atomic mass is 32.1. The molecule has 2 unspecified atom stereocenters. The van der Waals surface area contributed by atoms with Crippen LogP contribution in [0, 0.1) is 5.92 Å². The first-order valence-corrected chi connectivity index (χ1v) is 9.64. The number of hydrogen-bond donors (Lipinski definition) is 0. The Morgan fingerprint density at radius 1 is 1.33 bits per heavy atom. The summed E-state index contributed by atoms with van der Waals surface area (Å²) in [5.74, 6) is -0.655. The van der Waals surface area contributed by atoms with Gasteiger partial charge in [0.05, 0.1) is 23.8 Å². The molecular weight excluding hydrogens is 322 g/mol. The van der Waals surface area contributed by atoms with E-state index in [9.17, 15) is 9.59 Å². The molecule has 2 atom stereocenters. The molecule has 0 N–H and O–H groups in total. The zero-order chi connectivity index (χ0) is 17.1. The van der Waals surface area contributed by atoms with Gasteiger partial charge in [0.25, 0.3) is 0 Å². The van der Waals surface area contributed by atoms with Crippen LogP contribution in [0.4, 0.5) is 0 Å². The van der Waals surface area contributed by atoms with Gasteiger partial charge in [-0.1, -0.05) is 13.3 Å². The predicted octanol–water partition coefficient (Wildman–Crippen LogP) is 4.27. The summed E-state index contributed by atoms with van der Waals surface area (Å²) in [7, 11) is 0. The highest BCUT2D eigenvalue weighted by molar-refractivity contribution is 7.08. The molecule has 2 aliphatic rings. The molecule has 1 fully saturated rings. The van der Waals surface area contributed by atoms with E-state index in [1.807, 2.05) is 16.8 Å². The monoisotopic (exact) mass is 345 g/mol. The van der Waals surface area contributed by atoms with Crippen LogP contribution in [0.25, 0.3) is 0 Å². The molecule has 128 valence electrons. The molecular formula is C19H23NO3S. The second kappa shape index (κ2) is 7.43. The van der Waals surface area contributed by atoms with E-state index in [-0.39, 0.29) is 23.6 Å². The third-order valence-corrected chi connectivity index (χ3v) is 5.38. The molecule has 0 radical (unpaired) electrons. The van der Waals surface area contributed by atoms with Crippen LogP contribution in [0.15, 0.2) is 33.1 Å². The normalized spacial score (nSPS) is 23.8. The maximum absolute atomic E-state index is 12.7. The van der Waals surface area contributed by atoms with E-state index in [0.29, 0.717) is 18.6 Å². The van der Waals surface area contributed by atoms with Gasteiger partial charge in [-0.2, -0.15) is 11.3 Å². The van der Waals surface area contributed by atoms with E-state index in [2.05, 4.69) is 6.92 Å². The van der Waals surface area contributed by atoms with Gasteiger partial charge in [-0.25, -0.2) is 4.79 Å². The number of fused-ring (bicyclic) bond motifs is 1. The first-order chi connectivity index (χ1) is 11.7. The van der Waals surface area contributed by atoms with Crippen molar-refractivity contribution in [3.05, 3.63) is 33.7 Å². The first-order valence-electron chi connectivity index (χ1n) is 8.69. The van der Waals surface area contributed by atoms with Gasteiger partial charge in [0.2, 0.25) is 0 Å². The van der Waals surface area contributed by atoms with Crippen LogP contribution < -0.4 is 0 Å². The van der Waals surface area contributed by atoms with Gasteiger partial charge in [0, 0.05) is 18.1 Å². The molecule has 1 saturated carbocycles. The summed E-state index contributed by atoms with van der Waals surface area (Å²) in [6.45, 7) is 4.21. The van der Waals surface area contributed by atoms with E-state index in [0.717, 1.165) is 42.7 Å². The predicted molar refractivity (Wildman–Crippen MR) is 95.4 cm³/mol. The summed E-state index contributed by atoms with van der Waals surface area (Å²) >= 11 is 1.59. The van der Waals surface area contributed by atoms with E-state index >= 15 is 0 Å². The molecule has 5 heteroatoms. The number of ketones is 1. The summed E-state index contributed by atoms with van der Waals surface area (Å²) < 4.78 is 5.33. The Bertz CT molecular complexity index is 687. The minimum Gasteiger partial charge on any atom is -0.463 e. The van der Waals surface area contributed by atoms with Gasteiger partial charge in [-0.05, 0) is 48.6 Å². The number of aliphatic imine (C=N–C) groups is 1. The summed E-state index contributed by atoms with van der Waals surface area (Å²) in [4.78, 5) is 30.2. The number of Topliss-reactive ketones (excluding diaryl/α,β-unsaturated/α-hetero) is 1. The van der Waals surface area contributed by atoms with E-state index in [1.54, 1.807) is 18.3 Å². The Morgan fingerprint density at radius 2 is 2.17 bits per heavy atom. The lowest BCUT2D eigenvalue weighted by atomic mass is 9.69. The third kappa shape index (κ3) is 3.09. The second-order valence-corrected chi connectivity index (χ2v) is 7.05. The number of thiophene rings is 1. The Morgan fingerprint density at radius 3 is 2.83 bits per heavy atom. The minimum absolute atomic E-state index is 0.202. The van der Waals surface area contributed by atoms with Gasteiger partial charge < -0.3 is 4.74 Å². The highest BCUT2D eigenvalue weighted by Gasteiger charge is 2.44. The van der Waals surface area contributed by atoms with Crippen molar-refractivity contribution < 1.29 is 14.3 Å². The molecule has 0 aromatic carbocycles. The van der Waals surface area contributed by atoms with Gasteiger partial charge in [-0.3, -0.25) is 9.79 Å². The van der Waals surface area contributed by atoms with Gasteiger partial charge >= 0.3 is 5.97 Å². The molecule has 24 heavy (non-hydrogen) atoms. The maximum Gasteiger partial charge on any atom is 0.336 e. The molecule has 0 bridgehead atoms. The average Bonchev–Trinajstić information content (AvgIpc) is 3.08. The van der Waals surface area contributed by atoms with Crippen molar-refractivity contribution in [2.24, 2.45) is 10.9 Å². The maximum atomic E-state index is 12.7. The SMILES string of the molecule is CCCC1=C(C(=O)OCC)C(c2ccsc2)C2C(=O)CCCC2=N1. The van der Waals surface area contributed by atoms with Crippen molar-refractivity contribution in [3.63, 3.8) is 0 Å². The Hall–Kier alpha value is -1.75. The fourth-order valence-electron chi connectivity index (χ4n) is 3.72. The Kier molecular flexibility index (Phi) is 5.29. The summed E-state index contributed by atoms with van der Waals surface area (Å²) in [5.41, 5.74) is 3.40. The Labute approximate surface area is 146 Å². The number of hydrogen-bond acceptors (Lipinski definition) is 5. The molecule has 3 rings (SSSR count). The van der Waals surface area contributed by atoms with Crippen molar-refractivity contribution in [1.29, 1.82) is 0 Å². The largest absolute Gasteiger partial charge is 0.463 e. The fourth-order valence-corrected chi connectivity index (χ4v) is 4.41. The quantitative estimate of drug-likeness (QED) is 0.749. The molecule has 2 heterocycles. The third-order valence-electron chi connectivity index (χ3n) is 4.68. The van der Waals surface area contributed by atoms with Gasteiger partial charge in [0.15, 0.2) is 0 Å². The summed E-state index contributed by atoms with van der Waals surface area (Å²) in [6, 6.07) is 2.02. The van der Waals surface area contributed by atoms with Crippen LogP contribution in [0.5, 0.6) is 0 Å². The molecule has 0 spiro atoms. The lowest BCUT2D eigenvalue weighted by Gasteiger charge is -2.35. The van der Waals surface area contributed by atoms with E-state index in [1.165, 1.54) is 0 Å². The van der Waals surface area contributed by atoms with Crippen LogP contribution >= 0.6 is 11.3 Å². The van der Waals surface area contributed by atoms with E-state index in [4.69, 9.17) is 9.73 Å². The number of rotatable bonds is 5. The molecule has 1 aliphatic carbocycles. The van der Waals surface area contributed by atoms with Crippen molar-refractivity contribution in [2.75, 3.05) is 6.61 Å². The average molecular weight is 345 g/mol. The van der Waals surface area contributed by atoms with Crippen LogP contribution in [0.3, 0.4) is 0 Å². The number of esters is 1. The fraction of sp³-hybridized carbons (Fsp3) is 0.526. The first kappa shape index (κ1) is 17.1. The topological polar surface area (TPSA) is 55.7 Å². The van der Waals surface area contributed by atoms with Crippen molar-refractivity contribution in [2.45, 2.75) is 51.9 Å². The zero-order valence-electron chi connectivity index (χ0n) is 14.2. The number of allylic oxidation sites excluding steroid dienone is 1. The minimum atomic E-state index is -0.321. The molecule has 0 amide bonds. The number of ether oxygens (including phenoxy) is 1. The molecule has 4 nitrogen and oxygen atoms in total. The van der Waals surface area contributed by atoms with Gasteiger partial charge in [0.1, 0.15) is 5.78 Å². The smallest absolute Gasteiger partial charge is 0.336 e. The van der Waals surface area contributed by atoms with E-state index < -0.39 is 0 Å². The van der Waals surface area contributed by atoms with Crippen LogP contribution in [-0.2, 0) is 14.3 Å². The van der Waals surface area contributed by atoms with Crippen molar-refractivity contribution >= 4 is 28.8 Å². The molecule has 1 aliphatic heterocycles. The van der Waals surface area contributed by atoms with Crippen LogP contribution in [0.2, 0.25) is 0 Å². The lowest BCUT2D eigenvalue weighted by molar-refractivity contribution is -0.139. The van der Waals surface area contributed by atoms with Gasteiger partial charge in [-0.15, -0.1) is 0 Å². The number of carbonyl (C=O) groups is 2. The van der Waals surface area contributed by atoms with Crippen molar-refractivity contribution in [3.8, 4) is 0 Å². The standard InChI is InChI=1S/C19H23NO3S/c1-3-6-13-18(19(22)23-4-2)16(12-9-10-24-11-12)17-14(20-13)7-5-8-15(17)21/h9-11,16-17H,3-8H2,1-2H3. The second-order valence-electron chi connectivity index (χ2n) is 6.27. The number of nitrogens with zero attached hydrogens (tertiary/aromatic N) is 1. The summed E-state index contributed by atoms with van der Waals surface area (Å²) in [5, 5.41) is 4.04. The molecule has 1 aromatic heterocycles. The van der Waals surface area contributed by atoms with Crippen LogP contribution in [-0.4, -0.2) is 24.1 Å². The van der Waals surface area contributed by atoms with Crippen molar-refractivity contribution in [1.82, 2.24) is 0 Å². The lowest BCUT2D eigenvalue weighted by Crippen LogP contribution is -2.39. The zero-order valence-corrected chi connectivity index (χ0v) is 15.0. The summed E-state index contributed by atoms with van der Waals surface area (Å²) in [6.07, 6.45) is 3.92. The Balaban J connectivity index is 2.15.